The van der Waals surface area contributed by atoms with Crippen molar-refractivity contribution in [3.8, 4) is 0 Å². The molecule has 0 bridgehead atoms. The Bertz CT molecular complexity index is 451. The third-order valence-corrected chi connectivity index (χ3v) is 4.49. The lowest BCUT2D eigenvalue weighted by Crippen LogP contribution is -2.52. The van der Waals surface area contributed by atoms with Crippen molar-refractivity contribution in [3.63, 3.8) is 0 Å². The Morgan fingerprint density at radius 1 is 1.71 bits per heavy atom. The van der Waals surface area contributed by atoms with Crippen LogP contribution in [0.25, 0.3) is 0 Å². The van der Waals surface area contributed by atoms with Crippen molar-refractivity contribution in [2.45, 2.75) is 32.7 Å². The first-order chi connectivity index (χ1) is 8.04. The van der Waals surface area contributed by atoms with Gasteiger partial charge in [-0.05, 0) is 19.8 Å². The maximum atomic E-state index is 12.1. The van der Waals surface area contributed by atoms with Gasteiger partial charge in [-0.1, -0.05) is 18.6 Å². The molecular formula is C11H15N3OS2. The van der Waals surface area contributed by atoms with Gasteiger partial charge in [0.1, 0.15) is 5.01 Å². The maximum absolute atomic E-state index is 12.1. The number of aryl methyl sites for hydroxylation is 1. The molecule has 0 saturated heterocycles. The van der Waals surface area contributed by atoms with Gasteiger partial charge < -0.3 is 11.1 Å². The van der Waals surface area contributed by atoms with Gasteiger partial charge in [-0.3, -0.25) is 4.79 Å². The first-order valence-corrected chi connectivity index (χ1v) is 6.76. The molecule has 1 aromatic heterocycles. The highest BCUT2D eigenvalue weighted by Crippen LogP contribution is 2.41. The fourth-order valence-corrected chi connectivity index (χ4v) is 2.95. The predicted octanol–water partition coefficient (Wildman–Crippen LogP) is 1.52. The molecule has 17 heavy (non-hydrogen) atoms. The van der Waals surface area contributed by atoms with Gasteiger partial charge in [-0.2, -0.15) is 0 Å². The molecule has 0 aromatic carbocycles. The van der Waals surface area contributed by atoms with E-state index in [2.05, 4.69) is 10.3 Å². The number of thiocarbonyl (C=S) groups is 1. The van der Waals surface area contributed by atoms with E-state index in [0.717, 1.165) is 29.1 Å². The molecule has 1 aliphatic carbocycles. The summed E-state index contributed by atoms with van der Waals surface area (Å²) < 4.78 is 0. The van der Waals surface area contributed by atoms with Crippen molar-refractivity contribution in [3.05, 3.63) is 16.1 Å². The first kappa shape index (κ1) is 12.4. The Labute approximate surface area is 110 Å². The van der Waals surface area contributed by atoms with Crippen molar-refractivity contribution in [1.29, 1.82) is 0 Å². The van der Waals surface area contributed by atoms with Crippen LogP contribution < -0.4 is 11.1 Å². The van der Waals surface area contributed by atoms with Crippen LogP contribution in [0.3, 0.4) is 0 Å². The number of nitrogens with two attached hydrogens (primary N) is 1. The molecule has 92 valence electrons. The summed E-state index contributed by atoms with van der Waals surface area (Å²) in [5.41, 5.74) is 5.07. The normalized spacial score (nSPS) is 17.2. The van der Waals surface area contributed by atoms with Crippen LogP contribution in [0.2, 0.25) is 0 Å². The molecule has 4 nitrogen and oxygen atoms in total. The van der Waals surface area contributed by atoms with Crippen molar-refractivity contribution in [2.75, 3.05) is 0 Å². The Kier molecular flexibility index (Phi) is 3.44. The highest BCUT2D eigenvalue weighted by molar-refractivity contribution is 7.80. The summed E-state index contributed by atoms with van der Waals surface area (Å²) >= 11 is 6.58. The largest absolute Gasteiger partial charge is 0.392 e. The molecule has 0 atom stereocenters. The minimum absolute atomic E-state index is 0.0518. The molecule has 0 unspecified atom stereocenters. The maximum Gasteiger partial charge on any atom is 0.233 e. The lowest BCUT2D eigenvalue weighted by Gasteiger charge is -2.38. The summed E-state index contributed by atoms with van der Waals surface area (Å²) in [6.07, 6.45) is 4.36. The van der Waals surface area contributed by atoms with E-state index in [1.54, 1.807) is 17.5 Å². The van der Waals surface area contributed by atoms with Gasteiger partial charge in [-0.25, -0.2) is 4.98 Å². The van der Waals surface area contributed by atoms with E-state index in [1.807, 2.05) is 6.92 Å². The van der Waals surface area contributed by atoms with Crippen LogP contribution in [0.5, 0.6) is 0 Å². The molecule has 1 saturated carbocycles. The van der Waals surface area contributed by atoms with Crippen LogP contribution in [0.15, 0.2) is 6.20 Å². The van der Waals surface area contributed by atoms with Crippen molar-refractivity contribution < 1.29 is 4.79 Å². The number of hydrogen-bond donors (Lipinski definition) is 2. The SMILES string of the molecule is Cc1cnc(CNC(=O)C2(C(N)=S)CCC2)s1. The molecule has 1 fully saturated rings. The molecule has 0 radical (unpaired) electrons. The molecule has 6 heteroatoms. The molecule has 0 spiro atoms. The van der Waals surface area contributed by atoms with Crippen LogP contribution in [0, 0.1) is 12.3 Å². The second kappa shape index (κ2) is 4.70. The summed E-state index contributed by atoms with van der Waals surface area (Å²) in [5.74, 6) is -0.0518. The fraction of sp³-hybridized carbons (Fsp3) is 0.545. The zero-order valence-electron chi connectivity index (χ0n) is 9.66. The number of carbonyl (C=O) groups excluding carboxylic acids is 1. The zero-order chi connectivity index (χ0) is 12.5. The Balaban J connectivity index is 1.95. The van der Waals surface area contributed by atoms with E-state index in [0.29, 0.717) is 11.5 Å². The summed E-state index contributed by atoms with van der Waals surface area (Å²) in [7, 11) is 0. The topological polar surface area (TPSA) is 68.0 Å². The van der Waals surface area contributed by atoms with Crippen LogP contribution in [-0.4, -0.2) is 15.9 Å². The van der Waals surface area contributed by atoms with E-state index in [4.69, 9.17) is 18.0 Å². The number of aromatic nitrogens is 1. The fourth-order valence-electron chi connectivity index (χ4n) is 1.92. The molecule has 1 aliphatic rings. The van der Waals surface area contributed by atoms with E-state index in [9.17, 15) is 4.79 Å². The number of hydrogen-bond acceptors (Lipinski definition) is 4. The summed E-state index contributed by atoms with van der Waals surface area (Å²) in [6.45, 7) is 2.45. The number of carbonyl (C=O) groups is 1. The first-order valence-electron chi connectivity index (χ1n) is 5.54. The van der Waals surface area contributed by atoms with Crippen LogP contribution in [-0.2, 0) is 11.3 Å². The summed E-state index contributed by atoms with van der Waals surface area (Å²) in [4.78, 5) is 17.7. The zero-order valence-corrected chi connectivity index (χ0v) is 11.3. The van der Waals surface area contributed by atoms with Gasteiger partial charge in [-0.15, -0.1) is 11.3 Å². The number of thiazole rings is 1. The lowest BCUT2D eigenvalue weighted by atomic mass is 9.68. The van der Waals surface area contributed by atoms with Crippen molar-refractivity contribution in [2.24, 2.45) is 11.1 Å². The molecule has 3 N–H and O–H groups in total. The minimum Gasteiger partial charge on any atom is -0.392 e. The highest BCUT2D eigenvalue weighted by atomic mass is 32.1. The van der Waals surface area contributed by atoms with Gasteiger partial charge >= 0.3 is 0 Å². The van der Waals surface area contributed by atoms with E-state index >= 15 is 0 Å². The van der Waals surface area contributed by atoms with Crippen molar-refractivity contribution >= 4 is 34.5 Å². The molecule has 1 aromatic rings. The quantitative estimate of drug-likeness (QED) is 0.813. The standard InChI is InChI=1S/C11H15N3OS2/c1-7-5-13-8(17-7)6-14-10(15)11(9(12)16)3-2-4-11/h5H,2-4,6H2,1H3,(H2,12,16)(H,14,15). The van der Waals surface area contributed by atoms with Crippen molar-refractivity contribution in [1.82, 2.24) is 10.3 Å². The van der Waals surface area contributed by atoms with Gasteiger partial charge in [0.15, 0.2) is 0 Å². The summed E-state index contributed by atoms with van der Waals surface area (Å²) in [6, 6.07) is 0. The number of amides is 1. The van der Waals surface area contributed by atoms with Gasteiger partial charge in [0, 0.05) is 11.1 Å². The van der Waals surface area contributed by atoms with E-state index in [1.165, 1.54) is 0 Å². The Morgan fingerprint density at radius 2 is 2.41 bits per heavy atom. The van der Waals surface area contributed by atoms with Gasteiger partial charge in [0.25, 0.3) is 0 Å². The third kappa shape index (κ3) is 2.32. The number of rotatable bonds is 4. The molecular weight excluding hydrogens is 254 g/mol. The van der Waals surface area contributed by atoms with E-state index < -0.39 is 5.41 Å². The van der Waals surface area contributed by atoms with Gasteiger partial charge in [0.05, 0.1) is 16.9 Å². The number of nitrogens with one attached hydrogen (secondary N) is 1. The average Bonchev–Trinajstić information content (AvgIpc) is 2.59. The Morgan fingerprint density at radius 3 is 2.82 bits per heavy atom. The second-order valence-electron chi connectivity index (χ2n) is 4.35. The second-order valence-corrected chi connectivity index (χ2v) is 6.11. The molecule has 0 aliphatic heterocycles. The predicted molar refractivity (Wildman–Crippen MR) is 71.8 cm³/mol. The lowest BCUT2D eigenvalue weighted by molar-refractivity contribution is -0.131. The van der Waals surface area contributed by atoms with Crippen LogP contribution in [0.1, 0.15) is 29.1 Å². The molecule has 1 amide bonds. The smallest absolute Gasteiger partial charge is 0.233 e. The number of nitrogens with zero attached hydrogens (tertiary/aromatic N) is 1. The molecule has 1 heterocycles. The van der Waals surface area contributed by atoms with E-state index in [-0.39, 0.29) is 5.91 Å². The van der Waals surface area contributed by atoms with Crippen LogP contribution >= 0.6 is 23.6 Å². The monoisotopic (exact) mass is 269 g/mol. The average molecular weight is 269 g/mol. The minimum atomic E-state index is -0.596. The highest BCUT2D eigenvalue weighted by Gasteiger charge is 2.46. The van der Waals surface area contributed by atoms with Gasteiger partial charge in [0.2, 0.25) is 5.91 Å². The third-order valence-electron chi connectivity index (χ3n) is 3.18. The Hall–Kier alpha value is -1.01. The summed E-state index contributed by atoms with van der Waals surface area (Å²) in [5, 5.41) is 3.79. The van der Waals surface area contributed by atoms with Crippen LogP contribution in [0.4, 0.5) is 0 Å². The molecule has 2 rings (SSSR count).